The Kier molecular flexibility index (Phi) is 7.09. The van der Waals surface area contributed by atoms with Crippen molar-refractivity contribution < 1.29 is 19.0 Å². The Labute approximate surface area is 200 Å². The maximum absolute atomic E-state index is 11.1. The van der Waals surface area contributed by atoms with E-state index in [-0.39, 0.29) is 18.1 Å². The summed E-state index contributed by atoms with van der Waals surface area (Å²) in [5.74, 6) is -0.168. The topological polar surface area (TPSA) is 144 Å². The Balaban J connectivity index is 1.52. The summed E-state index contributed by atoms with van der Waals surface area (Å²) >= 11 is 0. The molecule has 3 heterocycles. The molecule has 4 N–H and O–H groups in total. The zero-order chi connectivity index (χ0) is 24.6. The van der Waals surface area contributed by atoms with Crippen LogP contribution in [-0.2, 0) is 19.0 Å². The summed E-state index contributed by atoms with van der Waals surface area (Å²) in [6.07, 6.45) is 5.39. The molecule has 34 heavy (non-hydrogen) atoms. The SMILES string of the molecule is CO[C@H](CN(C(C)C)[C@H]1C[C@@H](CCC(N)=O)C1)[C@H]1OC(C)(C)O[C@H]1n1cnc2c(N)ncnc21. The monoisotopic (exact) mass is 475 g/mol. The highest BCUT2D eigenvalue weighted by atomic mass is 16.8. The molecular weight excluding hydrogens is 438 g/mol. The molecule has 3 atom stereocenters. The number of fused-ring (bicyclic) bond motifs is 1. The second-order valence-corrected chi connectivity index (χ2v) is 10.1. The van der Waals surface area contributed by atoms with Gasteiger partial charge in [-0.05, 0) is 52.9 Å². The molecular formula is C23H37N7O4. The Hall–Kier alpha value is -2.34. The largest absolute Gasteiger partial charge is 0.382 e. The number of primary amides is 1. The quantitative estimate of drug-likeness (QED) is 0.526. The van der Waals surface area contributed by atoms with Crippen LogP contribution in [0.5, 0.6) is 0 Å². The number of nitrogens with zero attached hydrogens (tertiary/aromatic N) is 5. The number of aromatic nitrogens is 4. The number of hydrogen-bond donors (Lipinski definition) is 2. The fourth-order valence-corrected chi connectivity index (χ4v) is 5.16. The van der Waals surface area contributed by atoms with Crippen LogP contribution in [0.15, 0.2) is 12.7 Å². The Morgan fingerprint density at radius 3 is 2.68 bits per heavy atom. The van der Waals surface area contributed by atoms with Crippen molar-refractivity contribution in [3.63, 3.8) is 0 Å². The number of ether oxygens (including phenoxy) is 3. The molecule has 1 saturated carbocycles. The van der Waals surface area contributed by atoms with Crippen molar-refractivity contribution in [1.29, 1.82) is 0 Å². The van der Waals surface area contributed by atoms with Crippen molar-refractivity contribution in [3.05, 3.63) is 12.7 Å². The molecule has 1 aliphatic heterocycles. The van der Waals surface area contributed by atoms with Crippen LogP contribution in [0.2, 0.25) is 0 Å². The van der Waals surface area contributed by atoms with Gasteiger partial charge in [-0.1, -0.05) is 0 Å². The molecule has 1 saturated heterocycles. The van der Waals surface area contributed by atoms with E-state index >= 15 is 0 Å². The van der Waals surface area contributed by atoms with E-state index in [1.807, 2.05) is 18.4 Å². The third-order valence-corrected chi connectivity index (χ3v) is 6.97. The lowest BCUT2D eigenvalue weighted by Gasteiger charge is -2.46. The van der Waals surface area contributed by atoms with E-state index in [9.17, 15) is 4.79 Å². The van der Waals surface area contributed by atoms with Crippen LogP contribution in [0.1, 0.15) is 59.6 Å². The van der Waals surface area contributed by atoms with Gasteiger partial charge < -0.3 is 25.7 Å². The Morgan fingerprint density at radius 2 is 2.03 bits per heavy atom. The summed E-state index contributed by atoms with van der Waals surface area (Å²) in [6, 6.07) is 0.765. The molecule has 0 bridgehead atoms. The molecule has 2 aromatic heterocycles. The molecule has 2 fully saturated rings. The van der Waals surface area contributed by atoms with Crippen molar-refractivity contribution in [3.8, 4) is 0 Å². The third-order valence-electron chi connectivity index (χ3n) is 6.97. The van der Waals surface area contributed by atoms with E-state index < -0.39 is 12.0 Å². The average molecular weight is 476 g/mol. The fourth-order valence-electron chi connectivity index (χ4n) is 5.16. The lowest BCUT2D eigenvalue weighted by atomic mass is 9.76. The van der Waals surface area contributed by atoms with Crippen molar-refractivity contribution in [1.82, 2.24) is 24.4 Å². The van der Waals surface area contributed by atoms with Crippen molar-refractivity contribution in [2.45, 2.75) is 89.7 Å². The molecule has 188 valence electrons. The average Bonchev–Trinajstić information content (AvgIpc) is 3.29. The summed E-state index contributed by atoms with van der Waals surface area (Å²) in [5, 5.41) is 0. The predicted molar refractivity (Wildman–Crippen MR) is 126 cm³/mol. The van der Waals surface area contributed by atoms with Crippen LogP contribution >= 0.6 is 0 Å². The summed E-state index contributed by atoms with van der Waals surface area (Å²) in [4.78, 5) is 26.4. The van der Waals surface area contributed by atoms with E-state index in [2.05, 4.69) is 33.7 Å². The van der Waals surface area contributed by atoms with Gasteiger partial charge in [0.15, 0.2) is 23.5 Å². The van der Waals surface area contributed by atoms with Crippen LogP contribution in [0.3, 0.4) is 0 Å². The first kappa shape index (κ1) is 24.8. The zero-order valence-electron chi connectivity index (χ0n) is 20.7. The van der Waals surface area contributed by atoms with Crippen LogP contribution in [0.4, 0.5) is 5.82 Å². The lowest BCUT2D eigenvalue weighted by molar-refractivity contribution is -0.163. The molecule has 4 rings (SSSR count). The van der Waals surface area contributed by atoms with E-state index in [0.29, 0.717) is 47.9 Å². The highest BCUT2D eigenvalue weighted by Gasteiger charge is 2.48. The highest BCUT2D eigenvalue weighted by Crippen LogP contribution is 2.40. The minimum atomic E-state index is -0.805. The molecule has 1 aliphatic carbocycles. The first-order valence-electron chi connectivity index (χ1n) is 11.9. The number of amides is 1. The first-order chi connectivity index (χ1) is 16.1. The van der Waals surface area contributed by atoms with Crippen molar-refractivity contribution in [2.75, 3.05) is 19.4 Å². The van der Waals surface area contributed by atoms with Crippen molar-refractivity contribution in [2.24, 2.45) is 11.7 Å². The van der Waals surface area contributed by atoms with Crippen LogP contribution in [0.25, 0.3) is 11.2 Å². The summed E-state index contributed by atoms with van der Waals surface area (Å²) < 4.78 is 20.5. The first-order valence-corrected chi connectivity index (χ1v) is 11.9. The lowest BCUT2D eigenvalue weighted by Crippen LogP contribution is -2.53. The van der Waals surface area contributed by atoms with Crippen molar-refractivity contribution >= 4 is 22.9 Å². The number of nitrogens with two attached hydrogens (primary N) is 2. The van der Waals surface area contributed by atoms with E-state index in [1.54, 1.807) is 13.4 Å². The van der Waals surface area contributed by atoms with Gasteiger partial charge in [0.1, 0.15) is 24.1 Å². The predicted octanol–water partition coefficient (Wildman–Crippen LogP) is 1.83. The van der Waals surface area contributed by atoms with Crippen LogP contribution in [-0.4, -0.2) is 74.1 Å². The number of nitrogen functional groups attached to an aromatic ring is 1. The number of methoxy groups -OCH3 is 1. The smallest absolute Gasteiger partial charge is 0.217 e. The van der Waals surface area contributed by atoms with Crippen LogP contribution < -0.4 is 11.5 Å². The maximum atomic E-state index is 11.1. The number of carbonyl (C=O) groups is 1. The molecule has 1 amide bonds. The van der Waals surface area contributed by atoms with Gasteiger partial charge in [0.2, 0.25) is 5.91 Å². The Morgan fingerprint density at radius 1 is 1.29 bits per heavy atom. The number of imidazole rings is 1. The van der Waals surface area contributed by atoms with Gasteiger partial charge in [-0.15, -0.1) is 0 Å². The number of rotatable bonds is 10. The molecule has 11 nitrogen and oxygen atoms in total. The van der Waals surface area contributed by atoms with Gasteiger partial charge in [-0.25, -0.2) is 15.0 Å². The van der Waals surface area contributed by atoms with Gasteiger partial charge in [-0.3, -0.25) is 14.3 Å². The Bertz CT molecular complexity index is 1000. The molecule has 0 radical (unpaired) electrons. The molecule has 0 unspecified atom stereocenters. The molecule has 2 aliphatic rings. The van der Waals surface area contributed by atoms with Gasteiger partial charge in [0, 0.05) is 32.2 Å². The summed E-state index contributed by atoms with van der Waals surface area (Å²) in [5.41, 5.74) is 12.4. The second-order valence-electron chi connectivity index (χ2n) is 10.1. The van der Waals surface area contributed by atoms with Gasteiger partial charge in [-0.2, -0.15) is 0 Å². The van der Waals surface area contributed by atoms with Crippen LogP contribution in [0, 0.1) is 5.92 Å². The highest BCUT2D eigenvalue weighted by molar-refractivity contribution is 5.81. The fraction of sp³-hybridized carbons (Fsp3) is 0.739. The normalized spacial score (nSPS) is 27.4. The number of carbonyl (C=O) groups excluding carboxylic acids is 1. The van der Waals surface area contributed by atoms with Gasteiger partial charge in [0.25, 0.3) is 0 Å². The standard InChI is InChI=1S/C23H37N7O4/c1-13(2)29(15-8-14(9-15)6-7-17(24)31)10-16(32-5)19-22(34-23(3,4)33-19)30-12-28-18-20(25)26-11-27-21(18)30/h11-16,19,22H,6-10H2,1-5H3,(H2,24,31)(H2,25,26,27)/t14-,15+,16-,19-,22-/m1/s1. The summed E-state index contributed by atoms with van der Waals surface area (Å²) in [7, 11) is 1.71. The third kappa shape index (κ3) is 5.02. The molecule has 0 spiro atoms. The summed E-state index contributed by atoms with van der Waals surface area (Å²) in [6.45, 7) is 8.86. The van der Waals surface area contributed by atoms with E-state index in [0.717, 1.165) is 19.3 Å². The van der Waals surface area contributed by atoms with E-state index in [4.69, 9.17) is 25.7 Å². The number of anilines is 1. The minimum Gasteiger partial charge on any atom is -0.382 e. The molecule has 2 aromatic rings. The maximum Gasteiger partial charge on any atom is 0.217 e. The van der Waals surface area contributed by atoms with Gasteiger partial charge in [0.05, 0.1) is 6.33 Å². The minimum absolute atomic E-state index is 0.227. The van der Waals surface area contributed by atoms with E-state index in [1.165, 1.54) is 6.33 Å². The molecule has 0 aromatic carbocycles. The zero-order valence-corrected chi connectivity index (χ0v) is 20.7. The molecule has 11 heteroatoms. The van der Waals surface area contributed by atoms with Gasteiger partial charge >= 0.3 is 0 Å². The number of hydrogen-bond acceptors (Lipinski definition) is 9. The second kappa shape index (κ2) is 9.73.